The molecule has 1 aliphatic rings. The molecular weight excluding hydrogens is 419 g/mol. The van der Waals surface area contributed by atoms with Crippen LogP contribution in [0.2, 0.25) is 0 Å². The van der Waals surface area contributed by atoms with Gasteiger partial charge in [0.1, 0.15) is 11.4 Å². The van der Waals surface area contributed by atoms with Gasteiger partial charge in [0.05, 0.1) is 30.9 Å². The lowest BCUT2D eigenvalue weighted by Crippen LogP contribution is -2.44. The minimum Gasteiger partial charge on any atom is -0.493 e. The summed E-state index contributed by atoms with van der Waals surface area (Å²) in [5.41, 5.74) is 1.54. The van der Waals surface area contributed by atoms with E-state index in [-0.39, 0.29) is 0 Å². The maximum absolute atomic E-state index is 14.7. The molecule has 0 aromatic heterocycles. The number of methoxy groups -OCH3 is 1. The number of likely N-dealkylation sites (tertiary alicyclic amines) is 1. The Bertz CT molecular complexity index is 972. The summed E-state index contributed by atoms with van der Waals surface area (Å²) in [6, 6.07) is 14.7. The number of alkyl halides is 1. The third-order valence-electron chi connectivity index (χ3n) is 6.70. The Kier molecular flexibility index (Phi) is 8.46. The number of carbonyl (C=O) groups excluding carboxylic acids is 1. The zero-order chi connectivity index (χ0) is 23.8. The van der Waals surface area contributed by atoms with Crippen molar-refractivity contribution in [2.24, 2.45) is 5.92 Å². The lowest BCUT2D eigenvalue weighted by molar-refractivity contribution is 0.0568. The molecule has 5 nitrogen and oxygen atoms in total. The number of ether oxygens (including phenoxy) is 2. The molecule has 0 saturated carbocycles. The van der Waals surface area contributed by atoms with Gasteiger partial charge in [-0.1, -0.05) is 26.0 Å². The van der Waals surface area contributed by atoms with Gasteiger partial charge in [-0.3, -0.25) is 0 Å². The van der Waals surface area contributed by atoms with Crippen LogP contribution in [0.5, 0.6) is 5.75 Å². The number of halogens is 1. The van der Waals surface area contributed by atoms with Crippen molar-refractivity contribution in [2.75, 3.05) is 33.4 Å². The minimum absolute atomic E-state index is 0.392. The molecule has 0 spiro atoms. The highest BCUT2D eigenvalue weighted by Gasteiger charge is 2.30. The molecule has 0 aliphatic carbocycles. The Morgan fingerprint density at radius 2 is 1.82 bits per heavy atom. The molecule has 2 aromatic carbocycles. The molecule has 176 valence electrons. The second kappa shape index (κ2) is 11.3. The Hall–Kier alpha value is -2.91. The van der Waals surface area contributed by atoms with Crippen molar-refractivity contribution in [2.45, 2.75) is 45.2 Å². The average molecular weight is 453 g/mol. The van der Waals surface area contributed by atoms with Gasteiger partial charge in [-0.2, -0.15) is 5.26 Å². The molecular formula is C27H33FN2O3. The third-order valence-corrected chi connectivity index (χ3v) is 6.70. The number of nitriles is 1. The summed E-state index contributed by atoms with van der Waals surface area (Å²) in [5, 5.41) is 9.65. The lowest BCUT2D eigenvalue weighted by atomic mass is 9.94. The van der Waals surface area contributed by atoms with Crippen LogP contribution in [0, 0.1) is 17.2 Å². The Balaban J connectivity index is 1.57. The molecule has 0 amide bonds. The summed E-state index contributed by atoms with van der Waals surface area (Å²) < 4.78 is 25.4. The zero-order valence-corrected chi connectivity index (χ0v) is 19.8. The maximum atomic E-state index is 14.7. The highest BCUT2D eigenvalue weighted by atomic mass is 19.1. The number of rotatable bonds is 9. The van der Waals surface area contributed by atoms with Gasteiger partial charge in [-0.15, -0.1) is 0 Å². The van der Waals surface area contributed by atoms with Crippen molar-refractivity contribution in [1.82, 2.24) is 4.90 Å². The van der Waals surface area contributed by atoms with Crippen LogP contribution in [0.25, 0.3) is 11.1 Å². The van der Waals surface area contributed by atoms with Gasteiger partial charge in [0.2, 0.25) is 0 Å². The molecule has 3 rings (SSSR count). The van der Waals surface area contributed by atoms with Crippen LogP contribution in [0.3, 0.4) is 0 Å². The molecule has 33 heavy (non-hydrogen) atoms. The summed E-state index contributed by atoms with van der Waals surface area (Å²) in [6.07, 6.45) is 3.08. The predicted octanol–water partition coefficient (Wildman–Crippen LogP) is 5.63. The topological polar surface area (TPSA) is 62.6 Å². The van der Waals surface area contributed by atoms with Gasteiger partial charge < -0.3 is 14.4 Å². The minimum atomic E-state index is -1.08. The van der Waals surface area contributed by atoms with E-state index in [4.69, 9.17) is 9.47 Å². The first-order valence-electron chi connectivity index (χ1n) is 11.7. The van der Waals surface area contributed by atoms with Crippen molar-refractivity contribution in [3.05, 3.63) is 53.6 Å². The molecule has 1 saturated heterocycles. The molecule has 1 aliphatic heterocycles. The summed E-state index contributed by atoms with van der Waals surface area (Å²) >= 11 is 0. The molecule has 1 fully saturated rings. The maximum Gasteiger partial charge on any atom is 0.337 e. The monoisotopic (exact) mass is 452 g/mol. The Morgan fingerprint density at radius 3 is 2.39 bits per heavy atom. The van der Waals surface area contributed by atoms with Crippen molar-refractivity contribution in [3.8, 4) is 22.9 Å². The average Bonchev–Trinajstić information content (AvgIpc) is 2.87. The molecule has 0 radical (unpaired) electrons. The van der Waals surface area contributed by atoms with E-state index < -0.39 is 11.6 Å². The SMILES string of the molecule is CCC(F)(CC)CN1CCC(COc2ccc(-c3ccc(C(=O)OC)cc3)c(C#N)c2)CC1. The lowest BCUT2D eigenvalue weighted by Gasteiger charge is -2.36. The molecule has 0 bridgehead atoms. The van der Waals surface area contributed by atoms with E-state index in [0.717, 1.165) is 37.1 Å². The first-order chi connectivity index (χ1) is 15.9. The van der Waals surface area contributed by atoms with Crippen molar-refractivity contribution in [3.63, 3.8) is 0 Å². The third kappa shape index (κ3) is 6.33. The van der Waals surface area contributed by atoms with Crippen molar-refractivity contribution >= 4 is 5.97 Å². The van der Waals surface area contributed by atoms with Crippen LogP contribution in [-0.4, -0.2) is 49.9 Å². The number of esters is 1. The van der Waals surface area contributed by atoms with Crippen LogP contribution < -0.4 is 4.74 Å². The van der Waals surface area contributed by atoms with E-state index >= 15 is 0 Å². The van der Waals surface area contributed by atoms with E-state index in [1.54, 1.807) is 30.3 Å². The predicted molar refractivity (Wildman–Crippen MR) is 127 cm³/mol. The van der Waals surface area contributed by atoms with Crippen LogP contribution in [0.1, 0.15) is 55.5 Å². The van der Waals surface area contributed by atoms with Gasteiger partial charge in [0, 0.05) is 6.54 Å². The van der Waals surface area contributed by atoms with Crippen molar-refractivity contribution in [1.29, 1.82) is 5.26 Å². The number of nitrogens with zero attached hydrogens (tertiary/aromatic N) is 2. The fourth-order valence-corrected chi connectivity index (χ4v) is 4.26. The quantitative estimate of drug-likeness (QED) is 0.461. The van der Waals surface area contributed by atoms with E-state index in [0.29, 0.717) is 48.8 Å². The zero-order valence-electron chi connectivity index (χ0n) is 19.8. The largest absolute Gasteiger partial charge is 0.493 e. The Morgan fingerprint density at radius 1 is 1.15 bits per heavy atom. The van der Waals surface area contributed by atoms with E-state index in [1.807, 2.05) is 26.0 Å². The molecule has 1 heterocycles. The first kappa shape index (κ1) is 24.7. The van der Waals surface area contributed by atoms with Crippen LogP contribution in [0.4, 0.5) is 4.39 Å². The fourth-order valence-electron chi connectivity index (χ4n) is 4.26. The van der Waals surface area contributed by atoms with Gasteiger partial charge in [-0.05, 0) is 86.1 Å². The van der Waals surface area contributed by atoms with Gasteiger partial charge >= 0.3 is 5.97 Å². The highest BCUT2D eigenvalue weighted by molar-refractivity contribution is 5.90. The summed E-state index contributed by atoms with van der Waals surface area (Å²) in [5.74, 6) is 0.703. The number of hydrogen-bond acceptors (Lipinski definition) is 5. The Labute approximate surface area is 196 Å². The van der Waals surface area contributed by atoms with Gasteiger partial charge in [0.15, 0.2) is 0 Å². The van der Waals surface area contributed by atoms with E-state index in [1.165, 1.54) is 7.11 Å². The van der Waals surface area contributed by atoms with Gasteiger partial charge in [-0.25, -0.2) is 9.18 Å². The fraction of sp³-hybridized carbons (Fsp3) is 0.481. The number of benzene rings is 2. The van der Waals surface area contributed by atoms with Crippen molar-refractivity contribution < 1.29 is 18.7 Å². The summed E-state index contributed by atoms with van der Waals surface area (Å²) in [6.45, 7) is 6.73. The van der Waals surface area contributed by atoms with Crippen LogP contribution >= 0.6 is 0 Å². The second-order valence-electron chi connectivity index (χ2n) is 8.78. The normalized spacial score (nSPS) is 15.1. The van der Waals surface area contributed by atoms with Crippen LogP contribution in [-0.2, 0) is 4.74 Å². The van der Waals surface area contributed by atoms with E-state index in [2.05, 4.69) is 11.0 Å². The second-order valence-corrected chi connectivity index (χ2v) is 8.78. The molecule has 2 aromatic rings. The van der Waals surface area contributed by atoms with E-state index in [9.17, 15) is 14.4 Å². The van der Waals surface area contributed by atoms with Gasteiger partial charge in [0.25, 0.3) is 0 Å². The molecule has 0 atom stereocenters. The first-order valence-corrected chi connectivity index (χ1v) is 11.7. The number of hydrogen-bond donors (Lipinski definition) is 0. The summed E-state index contributed by atoms with van der Waals surface area (Å²) in [4.78, 5) is 13.9. The number of carbonyl (C=O) groups is 1. The standard InChI is InChI=1S/C27H33FN2O3/c1-4-27(28,5-2)19-30-14-12-20(13-15-30)18-33-24-10-11-25(23(16-24)17-29)21-6-8-22(9-7-21)26(31)32-3/h6-11,16,20H,4-5,12-15,18-19H2,1-3H3. The molecule has 6 heteroatoms. The number of piperidine rings is 1. The highest BCUT2D eigenvalue weighted by Crippen LogP contribution is 2.29. The molecule has 0 N–H and O–H groups in total. The van der Waals surface area contributed by atoms with Crippen LogP contribution in [0.15, 0.2) is 42.5 Å². The smallest absolute Gasteiger partial charge is 0.337 e. The molecule has 0 unspecified atom stereocenters. The summed E-state index contributed by atoms with van der Waals surface area (Å²) in [7, 11) is 1.35.